The first-order valence-electron chi connectivity index (χ1n) is 6.85. The van der Waals surface area contributed by atoms with Crippen molar-refractivity contribution in [2.45, 2.75) is 59.8 Å². The van der Waals surface area contributed by atoms with Crippen LogP contribution in [-0.4, -0.2) is 5.78 Å². The molecule has 0 N–H and O–H groups in total. The Balaban J connectivity index is 1.98. The van der Waals surface area contributed by atoms with Gasteiger partial charge in [0.1, 0.15) is 5.78 Å². The maximum Gasteiger partial charge on any atom is 0.139 e. The molecule has 3 rings (SSSR count). The molecule has 3 aliphatic rings. The average Bonchev–Trinajstić information content (AvgIpc) is 2.41. The molecule has 0 aromatic heterocycles. The molecule has 0 bridgehead atoms. The van der Waals surface area contributed by atoms with E-state index >= 15 is 0 Å². The Hall–Kier alpha value is -0.330. The number of rotatable bonds is 0. The molecule has 4 atom stereocenters. The van der Waals surface area contributed by atoms with Crippen molar-refractivity contribution in [3.8, 4) is 0 Å². The van der Waals surface area contributed by atoms with Crippen molar-refractivity contribution in [3.63, 3.8) is 0 Å². The van der Waals surface area contributed by atoms with Crippen LogP contribution in [0.15, 0.2) is 0 Å². The van der Waals surface area contributed by atoms with Crippen LogP contribution in [0.25, 0.3) is 0 Å². The summed E-state index contributed by atoms with van der Waals surface area (Å²) in [7, 11) is 0. The van der Waals surface area contributed by atoms with Gasteiger partial charge in [0, 0.05) is 11.8 Å². The fraction of sp³-hybridized carbons (Fsp3) is 0.933. The standard InChI is InChI=1S/C15H24O/c1-13(2)9-11-10(13)5-7-15(4)12(16)6-8-14(11,15)3/h10-11H,5-9H2,1-4H3/t10-,11+,14-,15-/m1/s1. The summed E-state index contributed by atoms with van der Waals surface area (Å²) >= 11 is 0. The Kier molecular flexibility index (Phi) is 1.85. The lowest BCUT2D eigenvalue weighted by atomic mass is 9.39. The third-order valence-corrected chi connectivity index (χ3v) is 6.76. The largest absolute Gasteiger partial charge is 0.299 e. The minimum absolute atomic E-state index is 0.0185. The molecule has 90 valence electrons. The van der Waals surface area contributed by atoms with Crippen molar-refractivity contribution >= 4 is 5.78 Å². The van der Waals surface area contributed by atoms with E-state index in [4.69, 9.17) is 0 Å². The van der Waals surface area contributed by atoms with Crippen LogP contribution in [0, 0.1) is 28.1 Å². The molecule has 0 radical (unpaired) electrons. The Morgan fingerprint density at radius 1 is 1.06 bits per heavy atom. The van der Waals surface area contributed by atoms with Gasteiger partial charge in [-0.2, -0.15) is 0 Å². The first kappa shape index (κ1) is 10.8. The normalized spacial score (nSPS) is 54.1. The molecule has 3 saturated carbocycles. The Morgan fingerprint density at radius 3 is 2.38 bits per heavy atom. The smallest absolute Gasteiger partial charge is 0.139 e. The van der Waals surface area contributed by atoms with Gasteiger partial charge in [-0.1, -0.05) is 27.7 Å². The fourth-order valence-electron chi connectivity index (χ4n) is 5.21. The summed E-state index contributed by atoms with van der Waals surface area (Å²) in [6.07, 6.45) is 5.77. The highest BCUT2D eigenvalue weighted by atomic mass is 16.1. The van der Waals surface area contributed by atoms with E-state index in [2.05, 4.69) is 27.7 Å². The van der Waals surface area contributed by atoms with Crippen molar-refractivity contribution < 1.29 is 4.79 Å². The van der Waals surface area contributed by atoms with Gasteiger partial charge in [-0.15, -0.1) is 0 Å². The highest BCUT2D eigenvalue weighted by Gasteiger charge is 2.67. The number of ketones is 1. The molecule has 3 aliphatic carbocycles. The Bertz CT molecular complexity index is 356. The van der Waals surface area contributed by atoms with Gasteiger partial charge < -0.3 is 0 Å². The molecular weight excluding hydrogens is 196 g/mol. The van der Waals surface area contributed by atoms with E-state index in [-0.39, 0.29) is 5.41 Å². The minimum atomic E-state index is 0.0185. The zero-order valence-electron chi connectivity index (χ0n) is 11.1. The van der Waals surface area contributed by atoms with Crippen LogP contribution in [0.3, 0.4) is 0 Å². The van der Waals surface area contributed by atoms with E-state index in [1.54, 1.807) is 0 Å². The summed E-state index contributed by atoms with van der Waals surface area (Å²) in [5.74, 6) is 2.27. The van der Waals surface area contributed by atoms with Crippen LogP contribution in [0.4, 0.5) is 0 Å². The highest BCUT2D eigenvalue weighted by molar-refractivity contribution is 5.88. The third-order valence-electron chi connectivity index (χ3n) is 6.76. The first-order valence-corrected chi connectivity index (χ1v) is 6.85. The molecule has 1 heteroatoms. The number of hydrogen-bond acceptors (Lipinski definition) is 1. The summed E-state index contributed by atoms with van der Waals surface area (Å²) in [4.78, 5) is 12.2. The molecule has 1 nitrogen and oxygen atoms in total. The quantitative estimate of drug-likeness (QED) is 0.606. The van der Waals surface area contributed by atoms with Crippen LogP contribution in [-0.2, 0) is 4.79 Å². The Morgan fingerprint density at radius 2 is 1.75 bits per heavy atom. The maximum atomic E-state index is 12.2. The van der Waals surface area contributed by atoms with Crippen LogP contribution in [0.5, 0.6) is 0 Å². The fourth-order valence-corrected chi connectivity index (χ4v) is 5.21. The zero-order valence-corrected chi connectivity index (χ0v) is 11.1. The molecule has 0 amide bonds. The predicted octanol–water partition coefficient (Wildman–Crippen LogP) is 3.82. The van der Waals surface area contributed by atoms with E-state index in [9.17, 15) is 4.79 Å². The summed E-state index contributed by atoms with van der Waals surface area (Å²) < 4.78 is 0. The molecule has 0 aliphatic heterocycles. The number of fused-ring (bicyclic) bond motifs is 3. The lowest BCUT2D eigenvalue weighted by Crippen LogP contribution is -2.59. The Labute approximate surface area is 99.0 Å². The lowest BCUT2D eigenvalue weighted by molar-refractivity contribution is -0.173. The van der Waals surface area contributed by atoms with Crippen molar-refractivity contribution in [2.24, 2.45) is 28.1 Å². The van der Waals surface area contributed by atoms with E-state index in [1.807, 2.05) is 0 Å². The minimum Gasteiger partial charge on any atom is -0.299 e. The molecule has 0 spiro atoms. The van der Waals surface area contributed by atoms with Gasteiger partial charge in [0.25, 0.3) is 0 Å². The average molecular weight is 220 g/mol. The SMILES string of the molecule is CC1(C)C[C@H]2[C@H]1CC[C@]1(C)C(=O)CC[C@]21C. The summed E-state index contributed by atoms with van der Waals surface area (Å²) in [6.45, 7) is 9.49. The molecule has 0 saturated heterocycles. The summed E-state index contributed by atoms with van der Waals surface area (Å²) in [5.41, 5.74) is 0.883. The van der Waals surface area contributed by atoms with Gasteiger partial charge in [-0.25, -0.2) is 0 Å². The van der Waals surface area contributed by atoms with Crippen molar-refractivity contribution in [1.29, 1.82) is 0 Å². The summed E-state index contributed by atoms with van der Waals surface area (Å²) in [5, 5.41) is 0. The topological polar surface area (TPSA) is 17.1 Å². The second-order valence-corrected chi connectivity index (χ2v) is 7.62. The lowest BCUT2D eigenvalue weighted by Gasteiger charge is -2.65. The number of hydrogen-bond donors (Lipinski definition) is 0. The molecule has 16 heavy (non-hydrogen) atoms. The second-order valence-electron chi connectivity index (χ2n) is 7.62. The van der Waals surface area contributed by atoms with Crippen molar-refractivity contribution in [3.05, 3.63) is 0 Å². The number of carbonyl (C=O) groups is 1. The third kappa shape index (κ3) is 0.966. The van der Waals surface area contributed by atoms with Gasteiger partial charge in [0.2, 0.25) is 0 Å². The van der Waals surface area contributed by atoms with E-state index in [1.165, 1.54) is 12.8 Å². The maximum absolute atomic E-state index is 12.2. The number of Topliss-reactive ketones (excluding diaryl/α,β-unsaturated/α-hetero) is 1. The number of carbonyl (C=O) groups excluding carboxylic acids is 1. The van der Waals surface area contributed by atoms with Crippen LogP contribution < -0.4 is 0 Å². The van der Waals surface area contributed by atoms with Crippen LogP contribution in [0.1, 0.15) is 59.8 Å². The monoisotopic (exact) mass is 220 g/mol. The van der Waals surface area contributed by atoms with Crippen molar-refractivity contribution in [1.82, 2.24) is 0 Å². The van der Waals surface area contributed by atoms with E-state index in [0.29, 0.717) is 16.6 Å². The van der Waals surface area contributed by atoms with E-state index in [0.717, 1.165) is 31.1 Å². The van der Waals surface area contributed by atoms with Gasteiger partial charge in [0.15, 0.2) is 0 Å². The molecule has 0 aromatic carbocycles. The highest BCUT2D eigenvalue weighted by Crippen LogP contribution is 2.71. The molecular formula is C15H24O. The molecule has 0 heterocycles. The van der Waals surface area contributed by atoms with Gasteiger partial charge >= 0.3 is 0 Å². The van der Waals surface area contributed by atoms with Crippen molar-refractivity contribution in [2.75, 3.05) is 0 Å². The molecule has 0 aromatic rings. The van der Waals surface area contributed by atoms with Gasteiger partial charge in [-0.3, -0.25) is 4.79 Å². The van der Waals surface area contributed by atoms with Crippen LogP contribution in [0.2, 0.25) is 0 Å². The zero-order chi connectivity index (χ0) is 11.8. The summed E-state index contributed by atoms with van der Waals surface area (Å²) in [6, 6.07) is 0. The van der Waals surface area contributed by atoms with Gasteiger partial charge in [-0.05, 0) is 48.3 Å². The van der Waals surface area contributed by atoms with Crippen LogP contribution >= 0.6 is 0 Å². The molecule has 0 unspecified atom stereocenters. The van der Waals surface area contributed by atoms with E-state index < -0.39 is 0 Å². The first-order chi connectivity index (χ1) is 7.31. The van der Waals surface area contributed by atoms with Gasteiger partial charge in [0.05, 0.1) is 0 Å². The molecule has 3 fully saturated rings. The predicted molar refractivity (Wildman–Crippen MR) is 65.1 cm³/mol. The second kappa shape index (κ2) is 2.73.